The van der Waals surface area contributed by atoms with Crippen molar-refractivity contribution in [2.24, 2.45) is 5.92 Å². The van der Waals surface area contributed by atoms with E-state index in [0.29, 0.717) is 0 Å². The molecule has 0 unspecified atom stereocenters. The average molecular weight is 254 g/mol. The van der Waals surface area contributed by atoms with E-state index < -0.39 is 8.24 Å². The molecule has 0 aromatic carbocycles. The average Bonchev–Trinajstić information content (AvgIpc) is 2.98. The monoisotopic (exact) mass is 253 g/mol. The van der Waals surface area contributed by atoms with Crippen LogP contribution in [0.5, 0.6) is 0 Å². The number of hydrogen-bond acceptors (Lipinski definition) is 1. The highest BCUT2D eigenvalue weighted by Crippen LogP contribution is 2.31. The van der Waals surface area contributed by atoms with E-state index in [9.17, 15) is 0 Å². The minimum absolute atomic E-state index is 0.364. The summed E-state index contributed by atoms with van der Waals surface area (Å²) in [7, 11) is -1.51. The van der Waals surface area contributed by atoms with Crippen LogP contribution in [-0.2, 0) is 0 Å². The van der Waals surface area contributed by atoms with E-state index in [1.165, 1.54) is 24.9 Å². The molecule has 1 aliphatic rings. The first-order valence-electron chi connectivity index (χ1n) is 6.70. The quantitative estimate of drug-likeness (QED) is 0.567. The minimum atomic E-state index is -1.15. The molecule has 0 aromatic rings. The van der Waals surface area contributed by atoms with Crippen molar-refractivity contribution in [2.75, 3.05) is 6.54 Å². The highest BCUT2D eigenvalue weighted by Gasteiger charge is 2.20. The van der Waals surface area contributed by atoms with Gasteiger partial charge in [0.2, 0.25) is 0 Å². The molecule has 0 amide bonds. The van der Waals surface area contributed by atoms with Crippen LogP contribution in [0.15, 0.2) is 0 Å². The van der Waals surface area contributed by atoms with Gasteiger partial charge in [0, 0.05) is 15.2 Å². The highest BCUT2D eigenvalue weighted by molar-refractivity contribution is 6.76. The van der Waals surface area contributed by atoms with Crippen LogP contribution in [-0.4, -0.2) is 23.6 Å². The maximum atomic E-state index is 3.70. The molecule has 1 fully saturated rings. The van der Waals surface area contributed by atoms with Crippen molar-refractivity contribution in [1.82, 2.24) is 4.98 Å². The van der Waals surface area contributed by atoms with Crippen molar-refractivity contribution < 1.29 is 0 Å². The van der Waals surface area contributed by atoms with Crippen LogP contribution in [0.1, 0.15) is 19.3 Å². The van der Waals surface area contributed by atoms with E-state index in [1.807, 2.05) is 0 Å². The second-order valence-electron chi connectivity index (χ2n) is 6.17. The Bertz CT molecular complexity index is 259. The third-order valence-electron chi connectivity index (χ3n) is 3.21. The van der Waals surface area contributed by atoms with Crippen LogP contribution >= 0.6 is 0 Å². The maximum Gasteiger partial charge on any atom is 0.119 e. The predicted molar refractivity (Wildman–Crippen MR) is 79.1 cm³/mol. The largest absolute Gasteiger partial charge is 0.327 e. The van der Waals surface area contributed by atoms with Gasteiger partial charge in [0.1, 0.15) is 8.24 Å². The first-order valence-corrected chi connectivity index (χ1v) is 13.0. The van der Waals surface area contributed by atoms with Crippen LogP contribution in [0.2, 0.25) is 38.3 Å². The molecule has 3 heteroatoms. The predicted octanol–water partition coefficient (Wildman–Crippen LogP) is 3.07. The summed E-state index contributed by atoms with van der Waals surface area (Å²) in [6, 6.07) is 2.92. The Labute approximate surface area is 104 Å². The van der Waals surface area contributed by atoms with Gasteiger partial charge in [-0.05, 0) is 24.8 Å². The minimum Gasteiger partial charge on any atom is -0.327 e. The van der Waals surface area contributed by atoms with Gasteiger partial charge in [-0.2, -0.15) is 0 Å². The Hall–Kier alpha value is -0.0462. The number of nitrogens with one attached hydrogen (secondary N) is 1. The van der Waals surface area contributed by atoms with Gasteiger partial charge < -0.3 is 4.98 Å². The second-order valence-corrected chi connectivity index (χ2v) is 14.2. The summed E-state index contributed by atoms with van der Waals surface area (Å²) < 4.78 is 0. The zero-order chi connectivity index (χ0) is 12.0. The standard InChI is InChI=1S/C13H27NSi2/c1-15(2)11-12-16(3,4)14-10-6-5-7-13-8-9-13/h13-15H,7-12H2,1-4H3. The van der Waals surface area contributed by atoms with Crippen LogP contribution < -0.4 is 4.98 Å². The summed E-state index contributed by atoms with van der Waals surface area (Å²) in [4.78, 5) is 3.70. The van der Waals surface area contributed by atoms with Crippen molar-refractivity contribution in [2.45, 2.75) is 57.5 Å². The molecule has 1 N–H and O–H groups in total. The van der Waals surface area contributed by atoms with Gasteiger partial charge in [-0.15, -0.1) is 5.92 Å². The molecule has 0 spiro atoms. The normalized spacial score (nSPS) is 16.1. The van der Waals surface area contributed by atoms with Gasteiger partial charge in [-0.1, -0.05) is 38.2 Å². The van der Waals surface area contributed by atoms with Gasteiger partial charge in [-0.3, -0.25) is 0 Å². The van der Waals surface area contributed by atoms with Crippen molar-refractivity contribution in [3.63, 3.8) is 0 Å². The van der Waals surface area contributed by atoms with E-state index in [4.69, 9.17) is 0 Å². The maximum absolute atomic E-state index is 3.70. The lowest BCUT2D eigenvalue weighted by Crippen LogP contribution is -2.45. The van der Waals surface area contributed by atoms with Crippen LogP contribution in [0.25, 0.3) is 0 Å². The van der Waals surface area contributed by atoms with Gasteiger partial charge >= 0.3 is 0 Å². The van der Waals surface area contributed by atoms with E-state index in [2.05, 4.69) is 43.0 Å². The fourth-order valence-corrected chi connectivity index (χ4v) is 7.56. The SMILES string of the molecule is C[SiH](C)CC[Si](C)(C)NCC#CCC1CC1. The van der Waals surface area contributed by atoms with E-state index >= 15 is 0 Å². The summed E-state index contributed by atoms with van der Waals surface area (Å²) in [6.45, 7) is 10.7. The Morgan fingerprint density at radius 1 is 1.25 bits per heavy atom. The number of rotatable bonds is 6. The Balaban J connectivity index is 2.09. The molecule has 0 bridgehead atoms. The summed E-state index contributed by atoms with van der Waals surface area (Å²) in [6.07, 6.45) is 3.98. The first-order chi connectivity index (χ1) is 7.49. The Morgan fingerprint density at radius 3 is 2.50 bits per heavy atom. The molecule has 0 heterocycles. The Morgan fingerprint density at radius 2 is 1.94 bits per heavy atom. The molecule has 92 valence electrons. The summed E-state index contributed by atoms with van der Waals surface area (Å²) >= 11 is 0. The van der Waals surface area contributed by atoms with E-state index in [1.54, 1.807) is 0 Å². The lowest BCUT2D eigenvalue weighted by atomic mass is 10.3. The van der Waals surface area contributed by atoms with E-state index in [0.717, 1.165) is 18.9 Å². The second kappa shape index (κ2) is 6.63. The third kappa shape index (κ3) is 7.26. The highest BCUT2D eigenvalue weighted by atomic mass is 28.3. The molecule has 0 atom stereocenters. The zero-order valence-electron chi connectivity index (χ0n) is 11.4. The molecule has 0 saturated heterocycles. The van der Waals surface area contributed by atoms with Crippen LogP contribution in [0.3, 0.4) is 0 Å². The smallest absolute Gasteiger partial charge is 0.119 e. The lowest BCUT2D eigenvalue weighted by molar-refractivity contribution is 0.882. The Kier molecular flexibility index (Phi) is 5.81. The third-order valence-corrected chi connectivity index (χ3v) is 7.91. The molecule has 1 saturated carbocycles. The van der Waals surface area contributed by atoms with Crippen molar-refractivity contribution in [3.8, 4) is 11.8 Å². The molecule has 0 aliphatic heterocycles. The molecule has 0 radical (unpaired) electrons. The van der Waals surface area contributed by atoms with Crippen LogP contribution in [0, 0.1) is 17.8 Å². The van der Waals surface area contributed by atoms with Crippen LogP contribution in [0.4, 0.5) is 0 Å². The van der Waals surface area contributed by atoms with Crippen molar-refractivity contribution in [1.29, 1.82) is 0 Å². The van der Waals surface area contributed by atoms with Crippen molar-refractivity contribution >= 4 is 17.0 Å². The van der Waals surface area contributed by atoms with Gasteiger partial charge in [-0.25, -0.2) is 0 Å². The molecule has 1 aliphatic carbocycles. The molecule has 16 heavy (non-hydrogen) atoms. The van der Waals surface area contributed by atoms with Gasteiger partial charge in [0.05, 0.1) is 6.54 Å². The molecule has 1 nitrogen and oxygen atoms in total. The topological polar surface area (TPSA) is 12.0 Å². The van der Waals surface area contributed by atoms with Gasteiger partial charge in [0.15, 0.2) is 0 Å². The van der Waals surface area contributed by atoms with Gasteiger partial charge in [0.25, 0.3) is 0 Å². The zero-order valence-corrected chi connectivity index (χ0v) is 13.6. The summed E-state index contributed by atoms with van der Waals surface area (Å²) in [5, 5.41) is 0. The molecular formula is C13H27NSi2. The van der Waals surface area contributed by atoms with E-state index in [-0.39, 0.29) is 8.80 Å². The molecular weight excluding hydrogens is 226 g/mol. The lowest BCUT2D eigenvalue weighted by Gasteiger charge is -2.23. The summed E-state index contributed by atoms with van der Waals surface area (Å²) in [5.41, 5.74) is 0. The number of hydrogen-bond donors (Lipinski definition) is 1. The fourth-order valence-electron chi connectivity index (χ4n) is 1.62. The van der Waals surface area contributed by atoms with Crippen molar-refractivity contribution in [3.05, 3.63) is 0 Å². The summed E-state index contributed by atoms with van der Waals surface area (Å²) in [5.74, 6) is 7.54. The fraction of sp³-hybridized carbons (Fsp3) is 0.846. The first kappa shape index (κ1) is 14.0. The molecule has 1 rings (SSSR count). The molecule has 0 aromatic heterocycles.